The van der Waals surface area contributed by atoms with Crippen molar-refractivity contribution in [2.75, 3.05) is 9.80 Å². The maximum absolute atomic E-state index is 13.9. The van der Waals surface area contributed by atoms with E-state index in [1.54, 1.807) is 24.3 Å². The third-order valence-corrected chi connectivity index (χ3v) is 10.7. The summed E-state index contributed by atoms with van der Waals surface area (Å²) >= 11 is 0. The van der Waals surface area contributed by atoms with E-state index in [2.05, 4.69) is 42.2 Å². The second kappa shape index (κ2) is 12.1. The summed E-state index contributed by atoms with van der Waals surface area (Å²) in [5, 5.41) is 2.55. The lowest BCUT2D eigenvalue weighted by atomic mass is 9.90. The van der Waals surface area contributed by atoms with Gasteiger partial charge in [0, 0.05) is 50.1 Å². The molecule has 54 heavy (non-hydrogen) atoms. The van der Waals surface area contributed by atoms with Crippen LogP contribution in [-0.4, -0.2) is 23.6 Å². The Bertz CT molecular complexity index is 2820. The second-order valence-electron chi connectivity index (χ2n) is 13.7. The van der Waals surface area contributed by atoms with Gasteiger partial charge < -0.3 is 0 Å². The van der Waals surface area contributed by atoms with E-state index in [-0.39, 0.29) is 29.5 Å². The minimum Gasteiger partial charge on any atom is -0.268 e. The van der Waals surface area contributed by atoms with E-state index < -0.39 is 0 Å². The minimum atomic E-state index is -0.387. The van der Waals surface area contributed by atoms with Crippen molar-refractivity contribution >= 4 is 62.1 Å². The summed E-state index contributed by atoms with van der Waals surface area (Å²) < 4.78 is 0. The molecule has 0 saturated carbocycles. The molecular weight excluding hydrogens is 669 g/mol. The summed E-state index contributed by atoms with van der Waals surface area (Å²) in [7, 11) is 0. The molecule has 0 N–H and O–H groups in total. The summed E-state index contributed by atoms with van der Waals surface area (Å²) in [4.78, 5) is 58.1. The van der Waals surface area contributed by atoms with Crippen LogP contribution in [0.15, 0.2) is 152 Å². The number of amides is 4. The minimum absolute atomic E-state index is 0.178. The predicted octanol–water partition coefficient (Wildman–Crippen LogP) is 9.55. The van der Waals surface area contributed by atoms with E-state index in [1.165, 1.54) is 9.80 Å². The van der Waals surface area contributed by atoms with Gasteiger partial charge in [0.05, 0.1) is 11.4 Å². The fourth-order valence-corrected chi connectivity index (χ4v) is 7.99. The monoisotopic (exact) mass is 696 g/mol. The first-order valence-electron chi connectivity index (χ1n) is 17.8. The Kier molecular flexibility index (Phi) is 7.04. The molecule has 4 aliphatic rings. The Balaban J connectivity index is 0.987. The lowest BCUT2D eigenvalue weighted by Gasteiger charge is -2.28. The number of carbonyl (C=O) groups is 4. The van der Waals surface area contributed by atoms with Crippen LogP contribution >= 0.6 is 0 Å². The van der Waals surface area contributed by atoms with Gasteiger partial charge in [-0.15, -0.1) is 0 Å². The normalized spacial score (nSPS) is 15.8. The van der Waals surface area contributed by atoms with Gasteiger partial charge in [0.1, 0.15) is 0 Å². The molecule has 6 aromatic carbocycles. The van der Waals surface area contributed by atoms with Gasteiger partial charge >= 0.3 is 0 Å². The number of hydrogen-bond donors (Lipinski definition) is 0. The topological polar surface area (TPSA) is 74.8 Å². The molecule has 2 heterocycles. The predicted molar refractivity (Wildman–Crippen MR) is 212 cm³/mol. The Morgan fingerprint density at radius 2 is 1.00 bits per heavy atom. The number of allylic oxidation sites excluding steroid dienone is 8. The van der Waals surface area contributed by atoms with Crippen molar-refractivity contribution in [3.05, 3.63) is 196 Å². The van der Waals surface area contributed by atoms with Crippen LogP contribution < -0.4 is 9.80 Å². The van der Waals surface area contributed by atoms with E-state index in [1.807, 2.05) is 97.1 Å². The van der Waals surface area contributed by atoms with Gasteiger partial charge in [-0.2, -0.15) is 0 Å². The first-order valence-corrected chi connectivity index (χ1v) is 17.8. The molecule has 0 unspecified atom stereocenters. The second-order valence-corrected chi connectivity index (χ2v) is 13.7. The number of carbonyl (C=O) groups excluding carboxylic acids is 4. The molecule has 6 heteroatoms. The van der Waals surface area contributed by atoms with Gasteiger partial charge in [-0.3, -0.25) is 19.2 Å². The average molecular weight is 697 g/mol. The molecule has 2 aliphatic carbocycles. The SMILES string of the molecule is O=C1c2cccc3c(C#Cc4ccc5c6c(cccc46)C(=O)N(c4ccc(C6C=CC=C6)cc4)C5=O)ccc(c23)C(=O)N1c1ccc(C2=CCC=C2)cc1. The zero-order valence-electron chi connectivity index (χ0n) is 28.7. The van der Waals surface area contributed by atoms with E-state index in [4.69, 9.17) is 0 Å². The van der Waals surface area contributed by atoms with Crippen LogP contribution in [0.4, 0.5) is 11.4 Å². The molecule has 10 rings (SSSR count). The lowest BCUT2D eigenvalue weighted by Crippen LogP contribution is -2.40. The fraction of sp³-hybridized carbons (Fsp3) is 0.0417. The first kappa shape index (κ1) is 31.4. The largest absolute Gasteiger partial charge is 0.268 e. The smallest absolute Gasteiger partial charge is 0.265 e. The number of nitrogens with zero attached hydrogens (tertiary/aromatic N) is 2. The summed E-state index contributed by atoms with van der Waals surface area (Å²) in [6.45, 7) is 0. The van der Waals surface area contributed by atoms with Crippen molar-refractivity contribution < 1.29 is 19.2 Å². The van der Waals surface area contributed by atoms with Crippen LogP contribution in [0.3, 0.4) is 0 Å². The van der Waals surface area contributed by atoms with E-state index >= 15 is 0 Å². The highest BCUT2D eigenvalue weighted by molar-refractivity contribution is 6.37. The van der Waals surface area contributed by atoms with Gasteiger partial charge in [-0.25, -0.2) is 9.80 Å². The highest BCUT2D eigenvalue weighted by atomic mass is 16.2. The third-order valence-electron chi connectivity index (χ3n) is 10.7. The Morgan fingerprint density at radius 1 is 0.519 bits per heavy atom. The van der Waals surface area contributed by atoms with Crippen LogP contribution in [-0.2, 0) is 0 Å². The highest BCUT2D eigenvalue weighted by Crippen LogP contribution is 2.37. The van der Waals surface area contributed by atoms with Crippen LogP contribution in [0.5, 0.6) is 0 Å². The Labute approximate surface area is 310 Å². The number of benzene rings is 6. The molecule has 6 aromatic rings. The van der Waals surface area contributed by atoms with Crippen LogP contribution in [0.1, 0.15) is 76.0 Å². The Hall–Kier alpha value is -7.36. The first-order chi connectivity index (χ1) is 26.5. The van der Waals surface area contributed by atoms with Crippen LogP contribution in [0.2, 0.25) is 0 Å². The van der Waals surface area contributed by atoms with Gasteiger partial charge in [-0.05, 0) is 94.6 Å². The zero-order valence-corrected chi connectivity index (χ0v) is 28.7. The van der Waals surface area contributed by atoms with Gasteiger partial charge in [-0.1, -0.05) is 103 Å². The zero-order chi connectivity index (χ0) is 36.5. The molecule has 2 aliphatic heterocycles. The average Bonchev–Trinajstić information content (AvgIpc) is 3.95. The number of rotatable bonds is 4. The number of anilines is 2. The molecule has 0 fully saturated rings. The molecule has 0 spiro atoms. The molecule has 0 saturated heterocycles. The van der Waals surface area contributed by atoms with Crippen molar-refractivity contribution in [3.8, 4) is 11.8 Å². The molecular formula is C48H28N2O4. The summed E-state index contributed by atoms with van der Waals surface area (Å²) in [6, 6.07) is 33.0. The molecule has 6 nitrogen and oxygen atoms in total. The maximum atomic E-state index is 13.9. The lowest BCUT2D eigenvalue weighted by molar-refractivity contribution is 0.0877. The van der Waals surface area contributed by atoms with Crippen molar-refractivity contribution in [1.82, 2.24) is 0 Å². The molecule has 254 valence electrons. The van der Waals surface area contributed by atoms with Crippen molar-refractivity contribution in [2.45, 2.75) is 12.3 Å². The maximum Gasteiger partial charge on any atom is 0.265 e. The molecule has 4 amide bonds. The van der Waals surface area contributed by atoms with Crippen LogP contribution in [0.25, 0.3) is 27.1 Å². The van der Waals surface area contributed by atoms with E-state index in [0.29, 0.717) is 66.3 Å². The fourth-order valence-electron chi connectivity index (χ4n) is 7.99. The molecule has 0 radical (unpaired) electrons. The van der Waals surface area contributed by atoms with Crippen LogP contribution in [0, 0.1) is 11.8 Å². The van der Waals surface area contributed by atoms with E-state index in [9.17, 15) is 19.2 Å². The summed E-state index contributed by atoms with van der Waals surface area (Å²) in [5.41, 5.74) is 7.29. The standard InChI is InChI=1S/C48H28N2O4/c51-45-39-13-5-11-37-33(21-27-41(43(37)39)47(53)49(45)35-23-17-31(18-24-35)29-7-1-2-8-29)15-16-34-22-28-42-44-38(34)12-6-14-40(44)46(52)50(48(42)54)36-25-19-32(20-26-36)30-9-3-4-10-30/h1-3,5-14,17-29H,4H2. The van der Waals surface area contributed by atoms with Crippen molar-refractivity contribution in [1.29, 1.82) is 0 Å². The summed E-state index contributed by atoms with van der Waals surface area (Å²) in [5.74, 6) is 5.19. The van der Waals surface area contributed by atoms with Gasteiger partial charge in [0.15, 0.2) is 0 Å². The quantitative estimate of drug-likeness (QED) is 0.136. The van der Waals surface area contributed by atoms with Gasteiger partial charge in [0.2, 0.25) is 0 Å². The van der Waals surface area contributed by atoms with Crippen molar-refractivity contribution in [3.63, 3.8) is 0 Å². The number of hydrogen-bond acceptors (Lipinski definition) is 4. The van der Waals surface area contributed by atoms with Crippen molar-refractivity contribution in [2.24, 2.45) is 0 Å². The third kappa shape index (κ3) is 4.76. The summed E-state index contributed by atoms with van der Waals surface area (Å²) in [6.07, 6.45) is 15.4. The van der Waals surface area contributed by atoms with E-state index in [0.717, 1.165) is 23.1 Å². The molecule has 0 bridgehead atoms. The Morgan fingerprint density at radius 3 is 1.48 bits per heavy atom. The highest BCUT2D eigenvalue weighted by Gasteiger charge is 2.36. The molecule has 0 atom stereocenters. The number of imide groups is 2. The molecule has 0 aromatic heterocycles. The van der Waals surface area contributed by atoms with Gasteiger partial charge in [0.25, 0.3) is 23.6 Å².